The number of nitrogens with one attached hydrogen (secondary N) is 1. The van der Waals surface area contributed by atoms with Gasteiger partial charge in [-0.3, -0.25) is 4.90 Å². The number of aryl methyl sites for hydroxylation is 2. The highest BCUT2D eigenvalue weighted by atomic mass is 15.1. The van der Waals surface area contributed by atoms with Crippen molar-refractivity contribution in [1.82, 2.24) is 10.2 Å². The van der Waals surface area contributed by atoms with E-state index in [2.05, 4.69) is 49.2 Å². The van der Waals surface area contributed by atoms with E-state index in [0.717, 1.165) is 19.0 Å². The molecule has 1 aromatic rings. The first-order valence-electron chi connectivity index (χ1n) is 7.68. The van der Waals surface area contributed by atoms with E-state index in [9.17, 15) is 0 Å². The molecule has 1 aromatic carbocycles. The fourth-order valence-electron chi connectivity index (χ4n) is 2.91. The van der Waals surface area contributed by atoms with Crippen LogP contribution in [0, 0.1) is 19.8 Å². The minimum atomic E-state index is 0.884. The summed E-state index contributed by atoms with van der Waals surface area (Å²) in [4.78, 5) is 2.62. The number of hydrogen-bond donors (Lipinski definition) is 1. The SMILES string of the molecule is CCNCC1CCN(Cc2cc(C)ccc2C)CC1. The lowest BCUT2D eigenvalue weighted by atomic mass is 9.96. The van der Waals surface area contributed by atoms with E-state index in [1.165, 1.54) is 49.2 Å². The van der Waals surface area contributed by atoms with Gasteiger partial charge in [-0.1, -0.05) is 30.7 Å². The van der Waals surface area contributed by atoms with Gasteiger partial charge in [0.1, 0.15) is 0 Å². The van der Waals surface area contributed by atoms with Gasteiger partial charge in [0.2, 0.25) is 0 Å². The van der Waals surface area contributed by atoms with Gasteiger partial charge in [0, 0.05) is 6.54 Å². The third-order valence-corrected chi connectivity index (χ3v) is 4.29. The zero-order chi connectivity index (χ0) is 13.7. The summed E-state index contributed by atoms with van der Waals surface area (Å²) in [6, 6.07) is 6.81. The van der Waals surface area contributed by atoms with Gasteiger partial charge in [0.15, 0.2) is 0 Å². The molecule has 0 radical (unpaired) electrons. The van der Waals surface area contributed by atoms with E-state index in [4.69, 9.17) is 0 Å². The van der Waals surface area contributed by atoms with Crippen LogP contribution in [0.2, 0.25) is 0 Å². The van der Waals surface area contributed by atoms with E-state index in [1.807, 2.05) is 0 Å². The van der Waals surface area contributed by atoms with Crippen LogP contribution in [0.15, 0.2) is 18.2 Å². The summed E-state index contributed by atoms with van der Waals surface area (Å²) in [5.41, 5.74) is 4.31. The molecular weight excluding hydrogens is 232 g/mol. The molecule has 0 amide bonds. The summed E-state index contributed by atoms with van der Waals surface area (Å²) in [7, 11) is 0. The zero-order valence-electron chi connectivity index (χ0n) is 12.7. The maximum Gasteiger partial charge on any atom is 0.0236 e. The Morgan fingerprint density at radius 1 is 1.21 bits per heavy atom. The van der Waals surface area contributed by atoms with Gasteiger partial charge >= 0.3 is 0 Å². The Labute approximate surface area is 118 Å². The van der Waals surface area contributed by atoms with Crippen molar-refractivity contribution in [3.05, 3.63) is 34.9 Å². The van der Waals surface area contributed by atoms with Crippen molar-refractivity contribution in [2.45, 2.75) is 40.2 Å². The lowest BCUT2D eigenvalue weighted by molar-refractivity contribution is 0.175. The van der Waals surface area contributed by atoms with Gasteiger partial charge in [-0.25, -0.2) is 0 Å². The molecule has 106 valence electrons. The molecule has 1 heterocycles. The molecule has 1 N–H and O–H groups in total. The third kappa shape index (κ3) is 4.32. The van der Waals surface area contributed by atoms with Crippen molar-refractivity contribution >= 4 is 0 Å². The summed E-state index contributed by atoms with van der Waals surface area (Å²) >= 11 is 0. The predicted molar refractivity (Wildman–Crippen MR) is 82.5 cm³/mol. The standard InChI is InChI=1S/C17H28N2/c1-4-18-12-16-7-9-19(10-8-16)13-17-11-14(2)5-6-15(17)3/h5-6,11,16,18H,4,7-10,12-13H2,1-3H3. The molecule has 2 rings (SSSR count). The lowest BCUT2D eigenvalue weighted by Gasteiger charge is -2.32. The molecule has 0 unspecified atom stereocenters. The second-order valence-electron chi connectivity index (χ2n) is 5.96. The van der Waals surface area contributed by atoms with Gasteiger partial charge in [-0.05, 0) is 69.9 Å². The van der Waals surface area contributed by atoms with Gasteiger partial charge in [0.05, 0.1) is 0 Å². The smallest absolute Gasteiger partial charge is 0.0236 e. The fourth-order valence-corrected chi connectivity index (χ4v) is 2.91. The van der Waals surface area contributed by atoms with Gasteiger partial charge in [-0.2, -0.15) is 0 Å². The Bertz CT molecular complexity index is 392. The van der Waals surface area contributed by atoms with Crippen molar-refractivity contribution < 1.29 is 0 Å². The first-order chi connectivity index (χ1) is 9.19. The summed E-state index contributed by atoms with van der Waals surface area (Å²) < 4.78 is 0. The normalized spacial score (nSPS) is 17.8. The lowest BCUT2D eigenvalue weighted by Crippen LogP contribution is -2.37. The van der Waals surface area contributed by atoms with Crippen LogP contribution in [0.25, 0.3) is 0 Å². The van der Waals surface area contributed by atoms with E-state index < -0.39 is 0 Å². The average Bonchev–Trinajstić information content (AvgIpc) is 2.42. The van der Waals surface area contributed by atoms with Crippen LogP contribution in [-0.2, 0) is 6.54 Å². The Kier molecular flexibility index (Phi) is 5.41. The highest BCUT2D eigenvalue weighted by Gasteiger charge is 2.19. The number of benzene rings is 1. The summed E-state index contributed by atoms with van der Waals surface area (Å²) in [5, 5.41) is 3.48. The van der Waals surface area contributed by atoms with Crippen molar-refractivity contribution in [3.8, 4) is 0 Å². The number of hydrogen-bond acceptors (Lipinski definition) is 2. The van der Waals surface area contributed by atoms with Crippen LogP contribution in [-0.4, -0.2) is 31.1 Å². The summed E-state index contributed by atoms with van der Waals surface area (Å²) in [6.45, 7) is 12.5. The Morgan fingerprint density at radius 3 is 2.63 bits per heavy atom. The number of likely N-dealkylation sites (tertiary alicyclic amines) is 1. The minimum absolute atomic E-state index is 0.884. The Balaban J connectivity index is 1.83. The minimum Gasteiger partial charge on any atom is -0.317 e. The van der Waals surface area contributed by atoms with E-state index >= 15 is 0 Å². The molecule has 19 heavy (non-hydrogen) atoms. The van der Waals surface area contributed by atoms with Crippen LogP contribution in [0.5, 0.6) is 0 Å². The summed E-state index contributed by atoms with van der Waals surface area (Å²) in [6.07, 6.45) is 2.69. The molecule has 0 saturated carbocycles. The van der Waals surface area contributed by atoms with Gasteiger partial charge in [-0.15, -0.1) is 0 Å². The van der Waals surface area contributed by atoms with E-state index in [-0.39, 0.29) is 0 Å². The maximum atomic E-state index is 3.48. The molecular formula is C17H28N2. The number of rotatable bonds is 5. The average molecular weight is 260 g/mol. The van der Waals surface area contributed by atoms with Crippen molar-refractivity contribution in [2.24, 2.45) is 5.92 Å². The van der Waals surface area contributed by atoms with Gasteiger partial charge in [0.25, 0.3) is 0 Å². The molecule has 1 aliphatic rings. The fraction of sp³-hybridized carbons (Fsp3) is 0.647. The van der Waals surface area contributed by atoms with E-state index in [1.54, 1.807) is 0 Å². The topological polar surface area (TPSA) is 15.3 Å². The summed E-state index contributed by atoms with van der Waals surface area (Å²) in [5.74, 6) is 0.884. The van der Waals surface area contributed by atoms with Gasteiger partial charge < -0.3 is 5.32 Å². The quantitative estimate of drug-likeness (QED) is 0.875. The van der Waals surface area contributed by atoms with Crippen molar-refractivity contribution in [2.75, 3.05) is 26.2 Å². The molecule has 1 fully saturated rings. The van der Waals surface area contributed by atoms with Crippen LogP contribution >= 0.6 is 0 Å². The van der Waals surface area contributed by atoms with Crippen LogP contribution in [0.4, 0.5) is 0 Å². The first kappa shape index (κ1) is 14.5. The molecule has 1 aliphatic heterocycles. The molecule has 0 bridgehead atoms. The van der Waals surface area contributed by atoms with E-state index in [0.29, 0.717) is 0 Å². The molecule has 2 nitrogen and oxygen atoms in total. The van der Waals surface area contributed by atoms with Crippen LogP contribution < -0.4 is 5.32 Å². The molecule has 2 heteroatoms. The molecule has 0 aliphatic carbocycles. The predicted octanol–water partition coefficient (Wildman–Crippen LogP) is 3.12. The zero-order valence-corrected chi connectivity index (χ0v) is 12.7. The van der Waals surface area contributed by atoms with Crippen LogP contribution in [0.1, 0.15) is 36.5 Å². The van der Waals surface area contributed by atoms with Crippen molar-refractivity contribution in [3.63, 3.8) is 0 Å². The largest absolute Gasteiger partial charge is 0.317 e. The number of nitrogens with zero attached hydrogens (tertiary/aromatic N) is 1. The second kappa shape index (κ2) is 7.06. The third-order valence-electron chi connectivity index (χ3n) is 4.29. The first-order valence-corrected chi connectivity index (χ1v) is 7.68. The Morgan fingerprint density at radius 2 is 1.95 bits per heavy atom. The van der Waals surface area contributed by atoms with Crippen molar-refractivity contribution in [1.29, 1.82) is 0 Å². The molecule has 1 saturated heterocycles. The van der Waals surface area contributed by atoms with Crippen LogP contribution in [0.3, 0.4) is 0 Å². The maximum absolute atomic E-state index is 3.48. The molecule has 0 aromatic heterocycles. The Hall–Kier alpha value is -0.860. The monoisotopic (exact) mass is 260 g/mol. The molecule has 0 spiro atoms. The second-order valence-corrected chi connectivity index (χ2v) is 5.96. The molecule has 0 atom stereocenters. The number of piperidine rings is 1. The highest BCUT2D eigenvalue weighted by molar-refractivity contribution is 5.30. The highest BCUT2D eigenvalue weighted by Crippen LogP contribution is 2.20.